The highest BCUT2D eigenvalue weighted by atomic mass is 19.4. The zero-order valence-corrected chi connectivity index (χ0v) is 14.6. The fraction of sp³-hybridized carbons (Fsp3) is 0.526. The Labute approximate surface area is 154 Å². The van der Waals surface area contributed by atoms with Crippen LogP contribution in [0.3, 0.4) is 0 Å². The average molecular weight is 383 g/mol. The van der Waals surface area contributed by atoms with Gasteiger partial charge in [0.05, 0.1) is 17.2 Å². The van der Waals surface area contributed by atoms with Crippen LogP contribution in [0.4, 0.5) is 18.9 Å². The summed E-state index contributed by atoms with van der Waals surface area (Å²) in [5.74, 6) is -1.88. The molecule has 0 unspecified atom stereocenters. The Balaban J connectivity index is 1.54. The molecule has 1 amide bonds. The third kappa shape index (κ3) is 4.48. The van der Waals surface area contributed by atoms with Gasteiger partial charge < -0.3 is 10.1 Å². The Morgan fingerprint density at radius 3 is 2.37 bits per heavy atom. The summed E-state index contributed by atoms with van der Waals surface area (Å²) in [5, 5.41) is 2.13. The summed E-state index contributed by atoms with van der Waals surface area (Å²) in [4.78, 5) is 36.2. The lowest BCUT2D eigenvalue weighted by atomic mass is 9.67. The summed E-state index contributed by atoms with van der Waals surface area (Å²) in [6.45, 7) is -0.662. The molecule has 0 aliphatic heterocycles. The van der Waals surface area contributed by atoms with Gasteiger partial charge >= 0.3 is 12.1 Å². The summed E-state index contributed by atoms with van der Waals surface area (Å²) in [6, 6.07) is 4.59. The zero-order valence-electron chi connectivity index (χ0n) is 14.6. The first-order valence-corrected chi connectivity index (χ1v) is 8.92. The minimum absolute atomic E-state index is 0.123. The molecule has 27 heavy (non-hydrogen) atoms. The fourth-order valence-electron chi connectivity index (χ4n) is 3.95. The summed E-state index contributed by atoms with van der Waals surface area (Å²) in [7, 11) is 0. The second-order valence-electron chi connectivity index (χ2n) is 7.09. The number of nitrogens with one attached hydrogen (secondary N) is 1. The van der Waals surface area contributed by atoms with Crippen molar-refractivity contribution >= 4 is 23.3 Å². The molecule has 2 atom stereocenters. The monoisotopic (exact) mass is 383 g/mol. The number of fused-ring (bicyclic) bond motifs is 2. The molecular formula is C19H20F3NO4. The van der Waals surface area contributed by atoms with Crippen molar-refractivity contribution in [2.45, 2.75) is 38.3 Å². The number of carbonyl (C=O) groups is 3. The Morgan fingerprint density at radius 1 is 1.11 bits per heavy atom. The maximum Gasteiger partial charge on any atom is 0.418 e. The Kier molecular flexibility index (Phi) is 5.53. The summed E-state index contributed by atoms with van der Waals surface area (Å²) >= 11 is 0. The number of ketones is 1. The topological polar surface area (TPSA) is 72.5 Å². The molecule has 5 nitrogen and oxygen atoms in total. The third-order valence-electron chi connectivity index (χ3n) is 5.23. The van der Waals surface area contributed by atoms with Crippen LogP contribution in [-0.2, 0) is 25.3 Å². The van der Waals surface area contributed by atoms with Crippen molar-refractivity contribution in [3.05, 3.63) is 29.8 Å². The number of hydrogen-bond acceptors (Lipinski definition) is 4. The minimum Gasteiger partial charge on any atom is -0.455 e. The summed E-state index contributed by atoms with van der Waals surface area (Å²) in [6.07, 6.45) is -1.24. The first-order chi connectivity index (χ1) is 12.8. The van der Waals surface area contributed by atoms with Crippen LogP contribution >= 0.6 is 0 Å². The van der Waals surface area contributed by atoms with Crippen LogP contribution in [0, 0.1) is 17.8 Å². The van der Waals surface area contributed by atoms with E-state index in [-0.39, 0.29) is 23.3 Å². The highest BCUT2D eigenvalue weighted by Gasteiger charge is 2.42. The number of ether oxygens (including phenoxy) is 1. The van der Waals surface area contributed by atoms with E-state index in [1.807, 2.05) is 0 Å². The Morgan fingerprint density at radius 2 is 1.74 bits per heavy atom. The molecule has 2 aliphatic rings. The number of esters is 1. The van der Waals surface area contributed by atoms with Gasteiger partial charge in [-0.05, 0) is 37.8 Å². The van der Waals surface area contributed by atoms with Crippen LogP contribution in [0.25, 0.3) is 0 Å². The number of hydrogen-bond donors (Lipinski definition) is 1. The molecule has 0 aromatic heterocycles. The van der Waals surface area contributed by atoms with Gasteiger partial charge in [0.2, 0.25) is 0 Å². The van der Waals surface area contributed by atoms with Gasteiger partial charge in [-0.15, -0.1) is 0 Å². The van der Waals surface area contributed by atoms with Gasteiger partial charge in [0.25, 0.3) is 5.91 Å². The van der Waals surface area contributed by atoms with E-state index in [9.17, 15) is 27.6 Å². The standard InChI is InChI=1S/C19H20F3NO4/c20-19(21,22)14-6-1-2-7-15(14)23-16(24)10-27-18(26)13-8-11-4-3-5-12(9-13)17(11)25/h1-2,6-7,11-13H,3-5,8-10H2,(H,23,24)/t11-,12-/m1/s1. The van der Waals surface area contributed by atoms with Crippen molar-refractivity contribution in [1.82, 2.24) is 0 Å². The first-order valence-electron chi connectivity index (χ1n) is 8.92. The van der Waals surface area contributed by atoms with Gasteiger partial charge in [0, 0.05) is 11.8 Å². The van der Waals surface area contributed by atoms with Crippen LogP contribution in [0.5, 0.6) is 0 Å². The van der Waals surface area contributed by atoms with E-state index in [0.29, 0.717) is 12.8 Å². The highest BCUT2D eigenvalue weighted by molar-refractivity contribution is 5.94. The van der Waals surface area contributed by atoms with Crippen LogP contribution in [0.15, 0.2) is 24.3 Å². The average Bonchev–Trinajstić information content (AvgIpc) is 2.59. The molecule has 0 heterocycles. The smallest absolute Gasteiger partial charge is 0.418 e. The molecule has 8 heteroatoms. The number of para-hydroxylation sites is 1. The number of anilines is 1. The number of amides is 1. The third-order valence-corrected chi connectivity index (χ3v) is 5.23. The number of alkyl halides is 3. The molecule has 2 bridgehead atoms. The van der Waals surface area contributed by atoms with Crippen LogP contribution in [0.2, 0.25) is 0 Å². The predicted octanol–water partition coefficient (Wildman–Crippen LogP) is 3.58. The van der Waals surface area contributed by atoms with Crippen molar-refractivity contribution in [3.8, 4) is 0 Å². The van der Waals surface area contributed by atoms with E-state index < -0.39 is 36.1 Å². The SMILES string of the molecule is O=C(COC(=O)C1C[C@H]2CCC[C@H](C1)C2=O)Nc1ccccc1C(F)(F)F. The van der Waals surface area contributed by atoms with Gasteiger partial charge in [-0.3, -0.25) is 14.4 Å². The first kappa shape index (κ1) is 19.4. The molecule has 2 aliphatic carbocycles. The lowest BCUT2D eigenvalue weighted by molar-refractivity contribution is -0.156. The molecule has 0 saturated heterocycles. The van der Waals surface area contributed by atoms with Crippen molar-refractivity contribution in [3.63, 3.8) is 0 Å². The molecule has 1 aromatic carbocycles. The molecule has 1 aromatic rings. The highest BCUT2D eigenvalue weighted by Crippen LogP contribution is 2.40. The molecule has 2 fully saturated rings. The predicted molar refractivity (Wildman–Crippen MR) is 89.6 cm³/mol. The van der Waals surface area contributed by atoms with Crippen LogP contribution < -0.4 is 5.32 Å². The normalized spacial score (nSPS) is 25.0. The van der Waals surface area contributed by atoms with E-state index in [1.54, 1.807) is 0 Å². The summed E-state index contributed by atoms with van der Waals surface area (Å²) < 4.78 is 43.8. The van der Waals surface area contributed by atoms with E-state index in [4.69, 9.17) is 4.74 Å². The van der Waals surface area contributed by atoms with E-state index in [0.717, 1.165) is 31.4 Å². The Hall–Kier alpha value is -2.38. The lowest BCUT2D eigenvalue weighted by Crippen LogP contribution is -2.40. The van der Waals surface area contributed by atoms with Gasteiger partial charge in [0.1, 0.15) is 5.78 Å². The quantitative estimate of drug-likeness (QED) is 0.807. The number of halogens is 3. The zero-order chi connectivity index (χ0) is 19.6. The van der Waals surface area contributed by atoms with Crippen molar-refractivity contribution < 1.29 is 32.3 Å². The van der Waals surface area contributed by atoms with E-state index in [2.05, 4.69) is 5.32 Å². The molecule has 3 rings (SSSR count). The van der Waals surface area contributed by atoms with Crippen LogP contribution in [-0.4, -0.2) is 24.3 Å². The maximum absolute atomic E-state index is 12.9. The number of benzene rings is 1. The number of carbonyl (C=O) groups excluding carboxylic acids is 3. The van der Waals surface area contributed by atoms with E-state index >= 15 is 0 Å². The second kappa shape index (κ2) is 7.70. The van der Waals surface area contributed by atoms with Crippen molar-refractivity contribution in [2.24, 2.45) is 17.8 Å². The molecule has 1 N–H and O–H groups in total. The van der Waals surface area contributed by atoms with Gasteiger partial charge in [-0.1, -0.05) is 18.6 Å². The Bertz CT molecular complexity index is 731. The lowest BCUT2D eigenvalue weighted by Gasteiger charge is -2.36. The van der Waals surface area contributed by atoms with Crippen molar-refractivity contribution in [1.29, 1.82) is 0 Å². The molecular weight excluding hydrogens is 363 g/mol. The number of Topliss-reactive ketones (excluding diaryl/α,β-unsaturated/α-hetero) is 1. The van der Waals surface area contributed by atoms with Gasteiger partial charge in [-0.2, -0.15) is 13.2 Å². The second-order valence-corrected chi connectivity index (χ2v) is 7.09. The summed E-state index contributed by atoms with van der Waals surface area (Å²) in [5.41, 5.74) is -1.35. The molecule has 2 saturated carbocycles. The molecule has 146 valence electrons. The van der Waals surface area contributed by atoms with Crippen LogP contribution in [0.1, 0.15) is 37.7 Å². The molecule has 0 spiro atoms. The largest absolute Gasteiger partial charge is 0.455 e. The molecule has 0 radical (unpaired) electrons. The van der Waals surface area contributed by atoms with E-state index in [1.165, 1.54) is 12.1 Å². The minimum atomic E-state index is -4.60. The number of rotatable bonds is 4. The van der Waals surface area contributed by atoms with Crippen molar-refractivity contribution in [2.75, 3.05) is 11.9 Å². The van der Waals surface area contributed by atoms with Gasteiger partial charge in [-0.25, -0.2) is 0 Å². The van der Waals surface area contributed by atoms with Gasteiger partial charge in [0.15, 0.2) is 6.61 Å². The fourth-order valence-corrected chi connectivity index (χ4v) is 3.95. The maximum atomic E-state index is 12.9.